The Bertz CT molecular complexity index is 506. The molecule has 2 rings (SSSR count). The summed E-state index contributed by atoms with van der Waals surface area (Å²) in [5.74, 6) is -0.417. The third kappa shape index (κ3) is 2.77. The first-order valence-electron chi connectivity index (χ1n) is 5.29. The summed E-state index contributed by atoms with van der Waals surface area (Å²) in [5.41, 5.74) is 2.25. The van der Waals surface area contributed by atoms with Gasteiger partial charge in [0, 0.05) is 17.3 Å². The summed E-state index contributed by atoms with van der Waals surface area (Å²) in [6.07, 6.45) is 2.85. The fraction of sp³-hybridized carbons (Fsp3) is 0.0714. The fourth-order valence-corrected chi connectivity index (χ4v) is 1.53. The van der Waals surface area contributed by atoms with Gasteiger partial charge < -0.3 is 5.11 Å². The van der Waals surface area contributed by atoms with Crippen molar-refractivity contribution < 1.29 is 9.50 Å². The zero-order valence-corrected chi connectivity index (χ0v) is 9.18. The molecule has 0 amide bonds. The molecule has 0 saturated heterocycles. The van der Waals surface area contributed by atoms with Crippen molar-refractivity contribution in [3.63, 3.8) is 0 Å². The number of aliphatic hydroxyl groups is 1. The van der Waals surface area contributed by atoms with Crippen LogP contribution < -0.4 is 0 Å². The van der Waals surface area contributed by atoms with E-state index >= 15 is 0 Å². The predicted molar refractivity (Wildman–Crippen MR) is 65.8 cm³/mol. The molecule has 1 N–H and O–H groups in total. The average molecular weight is 229 g/mol. The van der Waals surface area contributed by atoms with Gasteiger partial charge in [-0.3, -0.25) is 4.98 Å². The van der Waals surface area contributed by atoms with Crippen LogP contribution >= 0.6 is 0 Å². The van der Waals surface area contributed by atoms with Crippen molar-refractivity contribution in [2.75, 3.05) is 6.61 Å². The van der Waals surface area contributed by atoms with Gasteiger partial charge in [0.2, 0.25) is 0 Å². The number of nitrogens with zero attached hydrogens (tertiary/aromatic N) is 1. The first kappa shape index (κ1) is 11.5. The lowest BCUT2D eigenvalue weighted by Crippen LogP contribution is -1.84. The number of aromatic nitrogens is 1. The van der Waals surface area contributed by atoms with Crippen LogP contribution in [0.4, 0.5) is 4.39 Å². The van der Waals surface area contributed by atoms with E-state index in [1.807, 2.05) is 30.3 Å². The van der Waals surface area contributed by atoms with Crippen LogP contribution in [0, 0.1) is 0 Å². The molecule has 0 unspecified atom stereocenters. The summed E-state index contributed by atoms with van der Waals surface area (Å²) in [6.45, 7) is -0.298. The molecule has 2 aromatic rings. The van der Waals surface area contributed by atoms with Gasteiger partial charge in [-0.1, -0.05) is 30.3 Å². The molecular formula is C14H12FNO. The van der Waals surface area contributed by atoms with Gasteiger partial charge in [0.15, 0.2) is 0 Å². The van der Waals surface area contributed by atoms with Crippen molar-refractivity contribution in [3.05, 3.63) is 60.3 Å². The van der Waals surface area contributed by atoms with E-state index < -0.39 is 5.83 Å². The van der Waals surface area contributed by atoms with Gasteiger partial charge in [0.05, 0.1) is 12.3 Å². The highest BCUT2D eigenvalue weighted by Crippen LogP contribution is 2.21. The van der Waals surface area contributed by atoms with Crippen LogP contribution in [0.1, 0.15) is 5.56 Å². The standard InChI is InChI=1S/C14H12FNO/c15-13(8-10-17)11-4-6-12(7-5-11)14-3-1-2-9-16-14/h1-9,17H,10H2/b13-8+. The van der Waals surface area contributed by atoms with E-state index in [2.05, 4.69) is 4.98 Å². The molecule has 0 aliphatic rings. The number of rotatable bonds is 3. The minimum atomic E-state index is -0.417. The Morgan fingerprint density at radius 3 is 2.53 bits per heavy atom. The van der Waals surface area contributed by atoms with E-state index in [0.29, 0.717) is 5.56 Å². The third-order valence-electron chi connectivity index (χ3n) is 2.39. The number of halogens is 1. The van der Waals surface area contributed by atoms with Crippen molar-refractivity contribution in [3.8, 4) is 11.3 Å². The van der Waals surface area contributed by atoms with Crippen molar-refractivity contribution in [2.45, 2.75) is 0 Å². The van der Waals surface area contributed by atoms with Crippen molar-refractivity contribution in [1.29, 1.82) is 0 Å². The topological polar surface area (TPSA) is 33.1 Å². The zero-order chi connectivity index (χ0) is 12.1. The molecule has 0 spiro atoms. The van der Waals surface area contributed by atoms with E-state index in [4.69, 9.17) is 5.11 Å². The molecule has 0 bridgehead atoms. The second kappa shape index (κ2) is 5.37. The highest BCUT2D eigenvalue weighted by molar-refractivity contribution is 5.65. The molecule has 0 atom stereocenters. The van der Waals surface area contributed by atoms with E-state index in [9.17, 15) is 4.39 Å². The second-order valence-electron chi connectivity index (χ2n) is 3.53. The molecule has 0 saturated carbocycles. The first-order chi connectivity index (χ1) is 8.31. The molecule has 0 aliphatic carbocycles. The van der Waals surface area contributed by atoms with Gasteiger partial charge >= 0.3 is 0 Å². The molecule has 17 heavy (non-hydrogen) atoms. The molecule has 0 aliphatic heterocycles. The number of aliphatic hydroxyl groups excluding tert-OH is 1. The van der Waals surface area contributed by atoms with Crippen LogP contribution in [-0.4, -0.2) is 16.7 Å². The lowest BCUT2D eigenvalue weighted by Gasteiger charge is -2.02. The number of hydrogen-bond acceptors (Lipinski definition) is 2. The SMILES string of the molecule is OC/C=C(/F)c1ccc(-c2ccccn2)cc1. The maximum atomic E-state index is 13.4. The Kier molecular flexibility index (Phi) is 3.62. The van der Waals surface area contributed by atoms with Crippen LogP contribution in [0.25, 0.3) is 17.1 Å². The summed E-state index contributed by atoms with van der Waals surface area (Å²) in [6, 6.07) is 12.6. The summed E-state index contributed by atoms with van der Waals surface area (Å²) >= 11 is 0. The molecule has 3 heteroatoms. The molecule has 0 radical (unpaired) electrons. The van der Waals surface area contributed by atoms with Crippen molar-refractivity contribution >= 4 is 5.83 Å². The summed E-state index contributed by atoms with van der Waals surface area (Å²) in [4.78, 5) is 4.21. The first-order valence-corrected chi connectivity index (χ1v) is 5.29. The Balaban J connectivity index is 2.28. The Hall–Kier alpha value is -2.00. The Labute approximate surface area is 99.1 Å². The minimum absolute atomic E-state index is 0.298. The fourth-order valence-electron chi connectivity index (χ4n) is 1.53. The maximum absolute atomic E-state index is 13.4. The number of benzene rings is 1. The molecule has 0 fully saturated rings. The maximum Gasteiger partial charge on any atom is 0.128 e. The third-order valence-corrected chi connectivity index (χ3v) is 2.39. The Morgan fingerprint density at radius 2 is 1.94 bits per heavy atom. The van der Waals surface area contributed by atoms with E-state index in [1.165, 1.54) is 0 Å². The number of hydrogen-bond donors (Lipinski definition) is 1. The van der Waals surface area contributed by atoms with Gasteiger partial charge in [-0.2, -0.15) is 0 Å². The van der Waals surface area contributed by atoms with Crippen LogP contribution in [0.3, 0.4) is 0 Å². The predicted octanol–water partition coefficient (Wildman–Crippen LogP) is 3.05. The van der Waals surface area contributed by atoms with Gasteiger partial charge in [0.25, 0.3) is 0 Å². The normalized spacial score (nSPS) is 11.5. The van der Waals surface area contributed by atoms with Crippen LogP contribution in [0.15, 0.2) is 54.7 Å². The lowest BCUT2D eigenvalue weighted by molar-refractivity contribution is 0.342. The quantitative estimate of drug-likeness (QED) is 0.877. The molecule has 1 aromatic heterocycles. The van der Waals surface area contributed by atoms with Crippen LogP contribution in [0.2, 0.25) is 0 Å². The van der Waals surface area contributed by atoms with Gasteiger partial charge in [-0.15, -0.1) is 0 Å². The minimum Gasteiger partial charge on any atom is -0.392 e. The second-order valence-corrected chi connectivity index (χ2v) is 3.53. The van der Waals surface area contributed by atoms with Gasteiger partial charge in [0.1, 0.15) is 5.83 Å². The van der Waals surface area contributed by atoms with Gasteiger partial charge in [-0.25, -0.2) is 4.39 Å². The van der Waals surface area contributed by atoms with Crippen molar-refractivity contribution in [1.82, 2.24) is 4.98 Å². The van der Waals surface area contributed by atoms with E-state index in [0.717, 1.165) is 17.3 Å². The van der Waals surface area contributed by atoms with E-state index in [-0.39, 0.29) is 6.61 Å². The highest BCUT2D eigenvalue weighted by Gasteiger charge is 2.01. The largest absolute Gasteiger partial charge is 0.392 e. The Morgan fingerprint density at radius 1 is 1.18 bits per heavy atom. The van der Waals surface area contributed by atoms with Gasteiger partial charge in [-0.05, 0) is 18.2 Å². The smallest absolute Gasteiger partial charge is 0.128 e. The monoisotopic (exact) mass is 229 g/mol. The molecule has 1 heterocycles. The van der Waals surface area contributed by atoms with Crippen molar-refractivity contribution in [2.24, 2.45) is 0 Å². The molecule has 1 aromatic carbocycles. The molecule has 2 nitrogen and oxygen atoms in total. The summed E-state index contributed by atoms with van der Waals surface area (Å²) < 4.78 is 13.4. The van der Waals surface area contributed by atoms with Crippen LogP contribution in [-0.2, 0) is 0 Å². The lowest BCUT2D eigenvalue weighted by atomic mass is 10.1. The highest BCUT2D eigenvalue weighted by atomic mass is 19.1. The molecular weight excluding hydrogens is 217 g/mol. The summed E-state index contributed by atoms with van der Waals surface area (Å²) in [7, 11) is 0. The zero-order valence-electron chi connectivity index (χ0n) is 9.18. The summed E-state index contributed by atoms with van der Waals surface area (Å²) in [5, 5.41) is 8.60. The number of pyridine rings is 1. The molecule has 86 valence electrons. The average Bonchev–Trinajstić information content (AvgIpc) is 2.40. The van der Waals surface area contributed by atoms with Crippen LogP contribution in [0.5, 0.6) is 0 Å². The van der Waals surface area contributed by atoms with E-state index in [1.54, 1.807) is 18.3 Å².